The third-order valence-corrected chi connectivity index (χ3v) is 7.19. The number of hydrogen-bond donors (Lipinski definition) is 2. The molecule has 0 spiro atoms. The smallest absolute Gasteiger partial charge is 0.417 e. The number of halogens is 5. The van der Waals surface area contributed by atoms with Crippen LogP contribution in [0.2, 0.25) is 0 Å². The van der Waals surface area contributed by atoms with E-state index in [0.29, 0.717) is 25.2 Å². The zero-order valence-electron chi connectivity index (χ0n) is 21.8. The molecule has 6 rings (SSSR count). The molecule has 0 unspecified atom stereocenters. The van der Waals surface area contributed by atoms with Crippen LogP contribution in [0.25, 0.3) is 22.2 Å². The first-order valence-corrected chi connectivity index (χ1v) is 12.6. The number of hydrogen-bond acceptors (Lipinski definition) is 10. The molecule has 0 bridgehead atoms. The van der Waals surface area contributed by atoms with E-state index in [1.165, 1.54) is 12.4 Å². The molecule has 1 fully saturated rings. The van der Waals surface area contributed by atoms with Crippen molar-refractivity contribution in [2.24, 2.45) is 0 Å². The SMILES string of the molecule is Cc1c(F)c(N)cc(-c2nc3c4c(nc(OCc5ccnnc5)nc4c2F)N2CCNC[C@H]2[C@H](C)O3)c1C(F)(F)F. The number of fused-ring (bicyclic) bond motifs is 2. The van der Waals surface area contributed by atoms with Gasteiger partial charge in [0.25, 0.3) is 0 Å². The minimum Gasteiger partial charge on any atom is -0.472 e. The maximum atomic E-state index is 16.4. The quantitative estimate of drug-likeness (QED) is 0.275. The number of ether oxygens (including phenoxy) is 2. The Kier molecular flexibility index (Phi) is 6.47. The van der Waals surface area contributed by atoms with Crippen molar-refractivity contribution >= 4 is 22.4 Å². The third kappa shape index (κ3) is 4.59. The van der Waals surface area contributed by atoms with Crippen LogP contribution in [-0.2, 0) is 12.8 Å². The molecule has 5 heterocycles. The van der Waals surface area contributed by atoms with Crippen molar-refractivity contribution in [1.29, 1.82) is 0 Å². The topological polar surface area (TPSA) is 124 Å². The van der Waals surface area contributed by atoms with Crippen molar-refractivity contribution < 1.29 is 31.4 Å². The lowest BCUT2D eigenvalue weighted by Crippen LogP contribution is -2.56. The fourth-order valence-corrected chi connectivity index (χ4v) is 5.22. The van der Waals surface area contributed by atoms with Gasteiger partial charge in [-0.2, -0.15) is 33.3 Å². The molecule has 41 heavy (non-hydrogen) atoms. The number of rotatable bonds is 4. The molecule has 2 atom stereocenters. The summed E-state index contributed by atoms with van der Waals surface area (Å²) >= 11 is 0. The van der Waals surface area contributed by atoms with E-state index < -0.39 is 52.0 Å². The van der Waals surface area contributed by atoms with Crippen LogP contribution in [0, 0.1) is 18.6 Å². The van der Waals surface area contributed by atoms with Gasteiger partial charge in [-0.3, -0.25) is 0 Å². The lowest BCUT2D eigenvalue weighted by atomic mass is 9.96. The third-order valence-electron chi connectivity index (χ3n) is 7.19. The van der Waals surface area contributed by atoms with Crippen LogP contribution in [0.1, 0.15) is 23.6 Å². The molecule has 214 valence electrons. The molecular weight excluding hydrogens is 551 g/mol. The van der Waals surface area contributed by atoms with Gasteiger partial charge in [0.1, 0.15) is 40.9 Å². The largest absolute Gasteiger partial charge is 0.472 e. The van der Waals surface area contributed by atoms with Crippen molar-refractivity contribution in [3.8, 4) is 23.1 Å². The van der Waals surface area contributed by atoms with E-state index in [1.54, 1.807) is 13.0 Å². The van der Waals surface area contributed by atoms with E-state index in [2.05, 4.69) is 30.5 Å². The average molecular weight is 575 g/mol. The van der Waals surface area contributed by atoms with Gasteiger partial charge < -0.3 is 25.4 Å². The van der Waals surface area contributed by atoms with Gasteiger partial charge in [0.05, 0.1) is 23.5 Å². The molecular formula is C26H23F5N8O2. The number of anilines is 2. The molecule has 3 aromatic heterocycles. The molecule has 2 aliphatic rings. The number of benzene rings is 1. The van der Waals surface area contributed by atoms with Crippen LogP contribution in [-0.4, -0.2) is 56.9 Å². The van der Waals surface area contributed by atoms with Gasteiger partial charge >= 0.3 is 12.2 Å². The van der Waals surface area contributed by atoms with Gasteiger partial charge in [0, 0.05) is 37.0 Å². The predicted molar refractivity (Wildman–Crippen MR) is 137 cm³/mol. The molecule has 0 aliphatic carbocycles. The molecule has 1 aromatic carbocycles. The maximum absolute atomic E-state index is 16.4. The molecule has 2 aliphatic heterocycles. The highest BCUT2D eigenvalue weighted by Gasteiger charge is 2.41. The molecule has 4 aromatic rings. The van der Waals surface area contributed by atoms with E-state index in [0.717, 1.165) is 13.0 Å². The zero-order valence-corrected chi connectivity index (χ0v) is 21.8. The van der Waals surface area contributed by atoms with Crippen molar-refractivity contribution in [3.05, 3.63) is 52.9 Å². The summed E-state index contributed by atoms with van der Waals surface area (Å²) in [6, 6.07) is 1.89. The zero-order chi connectivity index (χ0) is 29.1. The fourth-order valence-electron chi connectivity index (χ4n) is 5.22. The number of nitrogens with zero attached hydrogens (tertiary/aromatic N) is 6. The summed E-state index contributed by atoms with van der Waals surface area (Å²) < 4.78 is 85.4. The summed E-state index contributed by atoms with van der Waals surface area (Å²) in [4.78, 5) is 14.9. The minimum absolute atomic E-state index is 0.0311. The summed E-state index contributed by atoms with van der Waals surface area (Å²) in [5, 5.41) is 10.9. The molecule has 3 N–H and O–H groups in total. The first-order chi connectivity index (χ1) is 19.5. The number of nitrogens with one attached hydrogen (secondary N) is 1. The Morgan fingerprint density at radius 2 is 1.98 bits per heavy atom. The van der Waals surface area contributed by atoms with Crippen LogP contribution >= 0.6 is 0 Å². The molecule has 0 radical (unpaired) electrons. The second-order valence-electron chi connectivity index (χ2n) is 9.79. The standard InChI is InChI=1S/C26H23F5N8O2/c1-11-18(26(29,30)31)14(7-15(32)19(11)27)21-20(28)22-17-23(38-25(37-22)40-10-13-3-4-34-35-8-13)39-6-5-33-9-16(39)12(2)41-24(17)36-21/h3-4,7-8,12,16,33H,5-6,9-10,32H2,1-2H3/t12-,16-/m0/s1. The second kappa shape index (κ2) is 9.90. The summed E-state index contributed by atoms with van der Waals surface area (Å²) in [5.74, 6) is -2.33. The number of nitrogens with two attached hydrogens (primary N) is 1. The molecule has 1 saturated heterocycles. The highest BCUT2D eigenvalue weighted by atomic mass is 19.4. The van der Waals surface area contributed by atoms with Crippen LogP contribution in [0.4, 0.5) is 33.5 Å². The van der Waals surface area contributed by atoms with E-state index >= 15 is 4.39 Å². The predicted octanol–water partition coefficient (Wildman–Crippen LogP) is 3.81. The number of nitrogen functional groups attached to an aromatic ring is 1. The Balaban J connectivity index is 1.61. The number of pyridine rings is 1. The van der Waals surface area contributed by atoms with Crippen LogP contribution in [0.5, 0.6) is 11.9 Å². The summed E-state index contributed by atoms with van der Waals surface area (Å²) in [5.41, 5.74) is 1.71. The van der Waals surface area contributed by atoms with Gasteiger partial charge in [0.2, 0.25) is 5.88 Å². The molecule has 0 saturated carbocycles. The van der Waals surface area contributed by atoms with Gasteiger partial charge in [-0.25, -0.2) is 13.8 Å². The van der Waals surface area contributed by atoms with Gasteiger partial charge in [-0.05, 0) is 31.5 Å². The van der Waals surface area contributed by atoms with Gasteiger partial charge in [-0.1, -0.05) is 0 Å². The van der Waals surface area contributed by atoms with E-state index in [4.69, 9.17) is 15.2 Å². The second-order valence-corrected chi connectivity index (χ2v) is 9.79. The highest BCUT2D eigenvalue weighted by molar-refractivity contribution is 5.97. The van der Waals surface area contributed by atoms with Crippen molar-refractivity contribution in [2.45, 2.75) is 38.8 Å². The Labute approximate surface area is 229 Å². The Morgan fingerprint density at radius 3 is 2.71 bits per heavy atom. The Bertz CT molecular complexity index is 1650. The summed E-state index contributed by atoms with van der Waals surface area (Å²) in [7, 11) is 0. The lowest BCUT2D eigenvalue weighted by Gasteiger charge is -2.38. The monoisotopic (exact) mass is 574 g/mol. The number of alkyl halides is 3. The highest BCUT2D eigenvalue weighted by Crippen LogP contribution is 2.46. The first kappa shape index (κ1) is 26.8. The summed E-state index contributed by atoms with van der Waals surface area (Å²) in [6.45, 7) is 4.25. The van der Waals surface area contributed by atoms with E-state index in [1.807, 2.05) is 4.90 Å². The molecule has 10 nitrogen and oxygen atoms in total. The fraction of sp³-hybridized carbons (Fsp3) is 0.346. The Morgan fingerprint density at radius 1 is 1.17 bits per heavy atom. The maximum Gasteiger partial charge on any atom is 0.417 e. The van der Waals surface area contributed by atoms with Crippen molar-refractivity contribution in [3.63, 3.8) is 0 Å². The van der Waals surface area contributed by atoms with Gasteiger partial charge in [-0.15, -0.1) is 0 Å². The van der Waals surface area contributed by atoms with E-state index in [9.17, 15) is 17.6 Å². The van der Waals surface area contributed by atoms with Crippen LogP contribution in [0.15, 0.2) is 24.5 Å². The first-order valence-electron chi connectivity index (χ1n) is 12.6. The molecule has 15 heteroatoms. The van der Waals surface area contributed by atoms with Crippen LogP contribution < -0.4 is 25.4 Å². The number of aromatic nitrogens is 5. The normalized spacial score (nSPS) is 18.6. The Hall–Kier alpha value is -4.40. The summed E-state index contributed by atoms with van der Waals surface area (Å²) in [6.07, 6.45) is -2.63. The number of piperazine rings is 1. The molecule has 0 amide bonds. The lowest BCUT2D eigenvalue weighted by molar-refractivity contribution is -0.137. The van der Waals surface area contributed by atoms with Gasteiger partial charge in [0.15, 0.2) is 5.82 Å². The van der Waals surface area contributed by atoms with E-state index in [-0.39, 0.29) is 41.3 Å². The van der Waals surface area contributed by atoms with Crippen molar-refractivity contribution in [2.75, 3.05) is 30.3 Å². The van der Waals surface area contributed by atoms with Crippen molar-refractivity contribution in [1.82, 2.24) is 30.5 Å². The average Bonchev–Trinajstić information content (AvgIpc) is 3.06. The van der Waals surface area contributed by atoms with Crippen LogP contribution in [0.3, 0.4) is 0 Å². The minimum atomic E-state index is -5.05.